The molecule has 14 heavy (non-hydrogen) atoms. The second-order valence-electron chi connectivity index (χ2n) is 4.14. The fourth-order valence-corrected chi connectivity index (χ4v) is 2.24. The Hall–Kier alpha value is -0.410. The Balaban J connectivity index is 2.24. The zero-order valence-electron chi connectivity index (χ0n) is 9.41. The van der Waals surface area contributed by atoms with Crippen LogP contribution in [-0.2, 0) is 4.79 Å². The third-order valence-corrected chi connectivity index (χ3v) is 3.06. The first-order valence-electron chi connectivity index (χ1n) is 5.64. The van der Waals surface area contributed by atoms with Gasteiger partial charge in [0.1, 0.15) is 6.29 Å². The molecule has 0 aromatic carbocycles. The smallest absolute Gasteiger partial charge is 0.121 e. The lowest BCUT2D eigenvalue weighted by atomic mass is 10.2. The van der Waals surface area contributed by atoms with Crippen LogP contribution < -0.4 is 0 Å². The Labute approximate surface area is 87.1 Å². The van der Waals surface area contributed by atoms with E-state index in [1.54, 1.807) is 0 Å². The highest BCUT2D eigenvalue weighted by Crippen LogP contribution is 2.17. The average molecular weight is 198 g/mol. The Morgan fingerprint density at radius 1 is 1.57 bits per heavy atom. The normalized spacial score (nSPS) is 23.2. The first-order valence-corrected chi connectivity index (χ1v) is 5.64. The molecule has 0 aromatic rings. The quantitative estimate of drug-likeness (QED) is 0.595. The Bertz CT molecular complexity index is 173. The molecule has 0 bridgehead atoms. The van der Waals surface area contributed by atoms with Gasteiger partial charge in [-0.05, 0) is 33.0 Å². The predicted octanol–water partition coefficient (Wildman–Crippen LogP) is 0.992. The Morgan fingerprint density at radius 3 is 3.00 bits per heavy atom. The average Bonchev–Trinajstić information content (AvgIpc) is 2.62. The van der Waals surface area contributed by atoms with Crippen molar-refractivity contribution in [1.82, 2.24) is 9.80 Å². The predicted molar refractivity (Wildman–Crippen MR) is 58.4 cm³/mol. The maximum atomic E-state index is 10.2. The van der Waals surface area contributed by atoms with Crippen molar-refractivity contribution in [3.05, 3.63) is 0 Å². The molecule has 1 saturated heterocycles. The molecule has 1 fully saturated rings. The molecule has 0 N–H and O–H groups in total. The van der Waals surface area contributed by atoms with Crippen molar-refractivity contribution in [3.63, 3.8) is 0 Å². The van der Waals surface area contributed by atoms with Crippen LogP contribution in [0.4, 0.5) is 0 Å². The number of likely N-dealkylation sites (N-methyl/N-ethyl adjacent to an activating group) is 2. The molecule has 0 aromatic heterocycles. The molecule has 3 nitrogen and oxygen atoms in total. The summed E-state index contributed by atoms with van der Waals surface area (Å²) >= 11 is 0. The van der Waals surface area contributed by atoms with E-state index in [2.05, 4.69) is 23.8 Å². The molecule has 1 atom stereocenters. The third kappa shape index (κ3) is 3.39. The molecule has 1 rings (SSSR count). The fraction of sp³-hybridized carbons (Fsp3) is 0.909. The van der Waals surface area contributed by atoms with E-state index in [0.717, 1.165) is 32.0 Å². The molecule has 1 unspecified atom stereocenters. The van der Waals surface area contributed by atoms with Gasteiger partial charge in [-0.15, -0.1) is 0 Å². The van der Waals surface area contributed by atoms with Gasteiger partial charge in [0.15, 0.2) is 0 Å². The largest absolute Gasteiger partial charge is 0.304 e. The van der Waals surface area contributed by atoms with Crippen LogP contribution in [0, 0.1) is 0 Å². The van der Waals surface area contributed by atoms with Crippen LogP contribution >= 0.6 is 0 Å². The summed E-state index contributed by atoms with van der Waals surface area (Å²) in [5, 5.41) is 0. The number of aldehydes is 1. The molecule has 1 heterocycles. The van der Waals surface area contributed by atoms with Gasteiger partial charge in [0.2, 0.25) is 0 Å². The summed E-state index contributed by atoms with van der Waals surface area (Å²) in [6, 6.07) is 0.719. The van der Waals surface area contributed by atoms with Gasteiger partial charge < -0.3 is 9.69 Å². The summed E-state index contributed by atoms with van der Waals surface area (Å²) in [6.45, 7) is 6.65. The number of nitrogens with zero attached hydrogens (tertiary/aromatic N) is 2. The van der Waals surface area contributed by atoms with Crippen molar-refractivity contribution >= 4 is 6.29 Å². The highest BCUT2D eigenvalue weighted by atomic mass is 16.1. The molecule has 1 aliphatic heterocycles. The zero-order chi connectivity index (χ0) is 10.4. The van der Waals surface area contributed by atoms with E-state index in [1.165, 1.54) is 19.4 Å². The maximum absolute atomic E-state index is 10.2. The minimum Gasteiger partial charge on any atom is -0.304 e. The lowest BCUT2D eigenvalue weighted by Gasteiger charge is -2.27. The molecule has 0 amide bonds. The molecule has 0 saturated carbocycles. The molecule has 0 radical (unpaired) electrons. The van der Waals surface area contributed by atoms with Crippen molar-refractivity contribution in [2.24, 2.45) is 0 Å². The van der Waals surface area contributed by atoms with E-state index in [0.29, 0.717) is 6.42 Å². The fourth-order valence-electron chi connectivity index (χ4n) is 2.24. The molecule has 1 aliphatic rings. The topological polar surface area (TPSA) is 23.6 Å². The van der Waals surface area contributed by atoms with Crippen molar-refractivity contribution in [2.75, 3.05) is 33.2 Å². The Morgan fingerprint density at radius 2 is 2.36 bits per heavy atom. The molecule has 82 valence electrons. The standard InChI is InChI=1S/C11H22N2O/c1-3-13-8-4-6-11(13)10-12(2)7-5-9-14/h9,11H,3-8,10H2,1-2H3. The second-order valence-corrected chi connectivity index (χ2v) is 4.14. The monoisotopic (exact) mass is 198 g/mol. The summed E-state index contributed by atoms with van der Waals surface area (Å²) in [5.41, 5.74) is 0. The highest BCUT2D eigenvalue weighted by Gasteiger charge is 2.23. The van der Waals surface area contributed by atoms with Gasteiger partial charge in [-0.3, -0.25) is 4.90 Å². The molecule has 3 heteroatoms. The Kier molecular flexibility index (Phi) is 5.12. The number of carbonyl (C=O) groups excluding carboxylic acids is 1. The lowest BCUT2D eigenvalue weighted by Crippen LogP contribution is -2.39. The summed E-state index contributed by atoms with van der Waals surface area (Å²) in [6.07, 6.45) is 4.32. The van der Waals surface area contributed by atoms with E-state index >= 15 is 0 Å². The molecule has 0 aliphatic carbocycles. The van der Waals surface area contributed by atoms with Crippen molar-refractivity contribution in [2.45, 2.75) is 32.2 Å². The van der Waals surface area contributed by atoms with E-state index in [9.17, 15) is 4.79 Å². The van der Waals surface area contributed by atoms with Crippen LogP contribution in [-0.4, -0.2) is 55.4 Å². The first-order chi connectivity index (χ1) is 6.77. The van der Waals surface area contributed by atoms with Crippen molar-refractivity contribution in [3.8, 4) is 0 Å². The van der Waals surface area contributed by atoms with Crippen molar-refractivity contribution in [1.29, 1.82) is 0 Å². The SMILES string of the molecule is CCN1CCCC1CN(C)CCC=O. The van der Waals surface area contributed by atoms with Crippen LogP contribution in [0.1, 0.15) is 26.2 Å². The number of carbonyl (C=O) groups is 1. The lowest BCUT2D eigenvalue weighted by molar-refractivity contribution is -0.108. The summed E-state index contributed by atoms with van der Waals surface area (Å²) in [5.74, 6) is 0. The van der Waals surface area contributed by atoms with Gasteiger partial charge in [0.05, 0.1) is 0 Å². The van der Waals surface area contributed by atoms with Gasteiger partial charge >= 0.3 is 0 Å². The minimum absolute atomic E-state index is 0.662. The highest BCUT2D eigenvalue weighted by molar-refractivity contribution is 5.49. The second kappa shape index (κ2) is 6.14. The van der Waals surface area contributed by atoms with Crippen LogP contribution in [0.3, 0.4) is 0 Å². The van der Waals surface area contributed by atoms with Crippen LogP contribution in [0.5, 0.6) is 0 Å². The van der Waals surface area contributed by atoms with Crippen molar-refractivity contribution < 1.29 is 4.79 Å². The number of hydrogen-bond acceptors (Lipinski definition) is 3. The van der Waals surface area contributed by atoms with E-state index in [-0.39, 0.29) is 0 Å². The van der Waals surface area contributed by atoms with E-state index in [4.69, 9.17) is 0 Å². The summed E-state index contributed by atoms with van der Waals surface area (Å²) in [4.78, 5) is 15.0. The third-order valence-electron chi connectivity index (χ3n) is 3.06. The van der Waals surface area contributed by atoms with Gasteiger partial charge in [0, 0.05) is 25.6 Å². The van der Waals surface area contributed by atoms with Gasteiger partial charge in [-0.1, -0.05) is 6.92 Å². The van der Waals surface area contributed by atoms with Gasteiger partial charge in [-0.25, -0.2) is 0 Å². The summed E-state index contributed by atoms with van der Waals surface area (Å²) in [7, 11) is 2.11. The van der Waals surface area contributed by atoms with Crippen LogP contribution in [0.25, 0.3) is 0 Å². The number of hydrogen-bond donors (Lipinski definition) is 0. The number of likely N-dealkylation sites (tertiary alicyclic amines) is 1. The van der Waals surface area contributed by atoms with Crippen LogP contribution in [0.2, 0.25) is 0 Å². The number of rotatable bonds is 6. The van der Waals surface area contributed by atoms with Gasteiger partial charge in [-0.2, -0.15) is 0 Å². The summed E-state index contributed by atoms with van der Waals surface area (Å²) < 4.78 is 0. The zero-order valence-corrected chi connectivity index (χ0v) is 9.41. The van der Waals surface area contributed by atoms with Crippen LogP contribution in [0.15, 0.2) is 0 Å². The first kappa shape index (κ1) is 11.7. The van der Waals surface area contributed by atoms with E-state index < -0.39 is 0 Å². The molecular formula is C11H22N2O. The van der Waals surface area contributed by atoms with Gasteiger partial charge in [0.25, 0.3) is 0 Å². The minimum atomic E-state index is 0.662. The van der Waals surface area contributed by atoms with E-state index in [1.807, 2.05) is 0 Å². The molecule has 0 spiro atoms. The molecular weight excluding hydrogens is 176 g/mol. The maximum Gasteiger partial charge on any atom is 0.121 e.